The van der Waals surface area contributed by atoms with Crippen LogP contribution in [0.4, 0.5) is 10.1 Å². The van der Waals surface area contributed by atoms with Gasteiger partial charge in [0.1, 0.15) is 11.3 Å². The quantitative estimate of drug-likeness (QED) is 0.471. The molecule has 94 valence electrons. The smallest absolute Gasteiger partial charge is 0.344 e. The first kappa shape index (κ1) is 13.3. The van der Waals surface area contributed by atoms with Crippen LogP contribution in [-0.2, 0) is 4.74 Å². The van der Waals surface area contributed by atoms with E-state index in [1.165, 1.54) is 0 Å². The molecule has 0 atom stereocenters. The lowest BCUT2D eigenvalue weighted by Gasteiger charge is -2.11. The van der Waals surface area contributed by atoms with Gasteiger partial charge in [-0.1, -0.05) is 6.07 Å². The summed E-state index contributed by atoms with van der Waals surface area (Å²) in [5.74, 6) is -0.197. The molecule has 0 radical (unpaired) electrons. The maximum atomic E-state index is 11.9. The molecule has 17 heavy (non-hydrogen) atoms. The monoisotopic (exact) mass is 241 g/mol. The molecule has 4 nitrogen and oxygen atoms in total. The number of hydrogen-bond acceptors (Lipinski definition) is 4. The van der Waals surface area contributed by atoms with Crippen LogP contribution in [0.1, 0.15) is 23.7 Å². The minimum absolute atomic E-state index is 0.0369. The number of hydrogen-bond donors (Lipinski definition) is 1. The number of benzene rings is 1. The van der Waals surface area contributed by atoms with Gasteiger partial charge in [-0.15, -0.1) is 0 Å². The molecule has 5 heteroatoms. The second-order valence-corrected chi connectivity index (χ2v) is 3.33. The van der Waals surface area contributed by atoms with E-state index in [0.29, 0.717) is 18.0 Å². The Kier molecular flexibility index (Phi) is 5.26. The Hall–Kier alpha value is -1.78. The maximum absolute atomic E-state index is 11.9. The fraction of sp³-hybridized carbons (Fsp3) is 0.417. The third kappa shape index (κ3) is 3.62. The van der Waals surface area contributed by atoms with Gasteiger partial charge in [0.15, 0.2) is 0 Å². The van der Waals surface area contributed by atoms with Crippen LogP contribution in [0, 0.1) is 0 Å². The molecule has 1 aromatic rings. The third-order valence-electron chi connectivity index (χ3n) is 2.07. The van der Waals surface area contributed by atoms with E-state index >= 15 is 0 Å². The van der Waals surface area contributed by atoms with Gasteiger partial charge in [0, 0.05) is 12.1 Å². The summed E-state index contributed by atoms with van der Waals surface area (Å²) in [6, 6.07) is 4.93. The number of halogens is 1. The van der Waals surface area contributed by atoms with Gasteiger partial charge >= 0.3 is 5.97 Å². The van der Waals surface area contributed by atoms with Crippen LogP contribution in [-0.4, -0.2) is 25.9 Å². The van der Waals surface area contributed by atoms with E-state index in [2.05, 4.69) is 0 Å². The van der Waals surface area contributed by atoms with Crippen LogP contribution >= 0.6 is 0 Å². The summed E-state index contributed by atoms with van der Waals surface area (Å²) in [4.78, 5) is 11.7. The fourth-order valence-electron chi connectivity index (χ4n) is 1.33. The highest BCUT2D eigenvalue weighted by Gasteiger charge is 2.17. The van der Waals surface area contributed by atoms with Crippen molar-refractivity contribution < 1.29 is 18.7 Å². The Balaban J connectivity index is 2.83. The van der Waals surface area contributed by atoms with Crippen LogP contribution in [0.15, 0.2) is 18.2 Å². The van der Waals surface area contributed by atoms with Crippen molar-refractivity contribution in [3.05, 3.63) is 23.8 Å². The van der Waals surface area contributed by atoms with E-state index in [-0.39, 0.29) is 18.6 Å². The molecule has 1 aromatic carbocycles. The van der Waals surface area contributed by atoms with Gasteiger partial charge in [-0.25, -0.2) is 4.79 Å². The van der Waals surface area contributed by atoms with Crippen LogP contribution in [0.25, 0.3) is 0 Å². The first-order chi connectivity index (χ1) is 8.20. The normalized spacial score (nSPS) is 10.0. The van der Waals surface area contributed by atoms with E-state index in [9.17, 15) is 9.18 Å². The number of nitrogens with two attached hydrogens (primary N) is 1. The van der Waals surface area contributed by atoms with Crippen molar-refractivity contribution in [2.75, 3.05) is 25.6 Å². The van der Waals surface area contributed by atoms with Gasteiger partial charge in [-0.2, -0.15) is 0 Å². The highest BCUT2D eigenvalue weighted by molar-refractivity contribution is 5.98. The molecular formula is C12H16FNO3. The molecule has 0 fully saturated rings. The molecular weight excluding hydrogens is 225 g/mol. The molecule has 0 unspecified atom stereocenters. The predicted octanol–water partition coefficient (Wildman–Crippen LogP) is 2.18. The molecule has 0 aromatic heterocycles. The second-order valence-electron chi connectivity index (χ2n) is 3.33. The molecule has 1 rings (SSSR count). The van der Waals surface area contributed by atoms with Gasteiger partial charge in [0.05, 0.1) is 19.9 Å². The van der Waals surface area contributed by atoms with Crippen molar-refractivity contribution in [2.24, 2.45) is 0 Å². The zero-order valence-corrected chi connectivity index (χ0v) is 9.74. The number of carbonyl (C=O) groups excluding carboxylic acids is 1. The Morgan fingerprint density at radius 3 is 2.88 bits per heavy atom. The van der Waals surface area contributed by atoms with Crippen molar-refractivity contribution in [1.29, 1.82) is 0 Å². The summed E-state index contributed by atoms with van der Waals surface area (Å²) in [5.41, 5.74) is 6.20. The van der Waals surface area contributed by atoms with Crippen LogP contribution in [0.2, 0.25) is 0 Å². The highest BCUT2D eigenvalue weighted by atomic mass is 19.1. The van der Waals surface area contributed by atoms with E-state index in [1.807, 2.05) is 0 Å². The van der Waals surface area contributed by atoms with Crippen molar-refractivity contribution in [3.8, 4) is 5.75 Å². The zero-order chi connectivity index (χ0) is 12.7. The number of nitrogen functional groups attached to an aromatic ring is 1. The molecule has 0 spiro atoms. The number of carbonyl (C=O) groups is 1. The molecule has 0 heterocycles. The molecule has 0 saturated heterocycles. The van der Waals surface area contributed by atoms with Gasteiger partial charge in [-0.05, 0) is 19.1 Å². The van der Waals surface area contributed by atoms with Gasteiger partial charge < -0.3 is 15.2 Å². The lowest BCUT2D eigenvalue weighted by atomic mass is 10.1. The first-order valence-corrected chi connectivity index (χ1v) is 5.45. The first-order valence-electron chi connectivity index (χ1n) is 5.45. The fourth-order valence-corrected chi connectivity index (χ4v) is 1.33. The van der Waals surface area contributed by atoms with Crippen molar-refractivity contribution in [1.82, 2.24) is 0 Å². The van der Waals surface area contributed by atoms with Crippen molar-refractivity contribution in [2.45, 2.75) is 13.3 Å². The largest absolute Gasteiger partial charge is 0.493 e. The lowest BCUT2D eigenvalue weighted by molar-refractivity contribution is 0.0491. The maximum Gasteiger partial charge on any atom is 0.344 e. The molecule has 0 aliphatic rings. The average molecular weight is 241 g/mol. The Morgan fingerprint density at radius 2 is 2.24 bits per heavy atom. The molecule has 0 bridgehead atoms. The van der Waals surface area contributed by atoms with Gasteiger partial charge in [-0.3, -0.25) is 4.39 Å². The summed E-state index contributed by atoms with van der Waals surface area (Å²) in [6.07, 6.45) is 0.183. The topological polar surface area (TPSA) is 61.5 Å². The van der Waals surface area contributed by atoms with E-state index in [0.717, 1.165) is 0 Å². The summed E-state index contributed by atoms with van der Waals surface area (Å²) in [7, 11) is 0. The van der Waals surface area contributed by atoms with Gasteiger partial charge in [0.25, 0.3) is 0 Å². The number of rotatable bonds is 6. The molecule has 0 saturated carbocycles. The van der Waals surface area contributed by atoms with E-state index < -0.39 is 12.6 Å². The number of ether oxygens (including phenoxy) is 2. The lowest BCUT2D eigenvalue weighted by Crippen LogP contribution is -2.12. The van der Waals surface area contributed by atoms with Crippen LogP contribution in [0.5, 0.6) is 5.75 Å². The van der Waals surface area contributed by atoms with Crippen molar-refractivity contribution >= 4 is 11.7 Å². The van der Waals surface area contributed by atoms with Crippen molar-refractivity contribution in [3.63, 3.8) is 0 Å². The summed E-state index contributed by atoms with van der Waals surface area (Å²) in [5, 5.41) is 0. The summed E-state index contributed by atoms with van der Waals surface area (Å²) in [6.45, 7) is 1.75. The Morgan fingerprint density at radius 1 is 1.47 bits per heavy atom. The SMILES string of the molecule is CCOc1cccc(N)c1C(=O)OCCCF. The minimum atomic E-state index is -0.583. The molecule has 2 N–H and O–H groups in total. The molecule has 0 aliphatic heterocycles. The van der Waals surface area contributed by atoms with Crippen LogP contribution in [0.3, 0.4) is 0 Å². The number of anilines is 1. The van der Waals surface area contributed by atoms with Gasteiger partial charge in [0.2, 0.25) is 0 Å². The molecule has 0 aliphatic carbocycles. The average Bonchev–Trinajstić information content (AvgIpc) is 2.30. The highest BCUT2D eigenvalue weighted by Crippen LogP contribution is 2.25. The number of alkyl halides is 1. The Labute approximate surface area is 99.5 Å². The third-order valence-corrected chi connectivity index (χ3v) is 2.07. The Bertz CT molecular complexity index is 382. The number of esters is 1. The molecule has 0 amide bonds. The minimum Gasteiger partial charge on any atom is -0.493 e. The zero-order valence-electron chi connectivity index (χ0n) is 9.74. The standard InChI is InChI=1S/C12H16FNO3/c1-2-16-10-6-3-5-9(14)11(10)12(15)17-8-4-7-13/h3,5-6H,2,4,7-8,14H2,1H3. The predicted molar refractivity (Wildman–Crippen MR) is 62.9 cm³/mol. The van der Waals surface area contributed by atoms with Crippen LogP contribution < -0.4 is 10.5 Å². The second kappa shape index (κ2) is 6.73. The summed E-state index contributed by atoms with van der Waals surface area (Å²) < 4.78 is 22.1. The summed E-state index contributed by atoms with van der Waals surface area (Å²) >= 11 is 0. The van der Waals surface area contributed by atoms with E-state index in [1.54, 1.807) is 25.1 Å². The van der Waals surface area contributed by atoms with E-state index in [4.69, 9.17) is 15.2 Å².